The Morgan fingerprint density at radius 3 is 1.95 bits per heavy atom. The third-order valence-corrected chi connectivity index (χ3v) is 6.99. The van der Waals surface area contributed by atoms with Crippen LogP contribution in [0.25, 0.3) is 6.08 Å². The van der Waals surface area contributed by atoms with Crippen LogP contribution in [-0.2, 0) is 28.7 Å². The molecule has 4 N–H and O–H groups in total. The molecule has 0 radical (unpaired) electrons. The normalized spacial score (nSPS) is 26.6. The van der Waals surface area contributed by atoms with Crippen LogP contribution in [0, 0.1) is 17.8 Å². The highest BCUT2D eigenvalue weighted by Crippen LogP contribution is 2.15. The van der Waals surface area contributed by atoms with E-state index < -0.39 is 59.9 Å². The molecule has 0 aliphatic carbocycles. The Kier molecular flexibility index (Phi) is 12.4. The molecule has 6 atom stereocenters. The van der Waals surface area contributed by atoms with Crippen molar-refractivity contribution in [2.24, 2.45) is 17.8 Å². The average molecular weight is 557 g/mol. The average Bonchev–Trinajstić information content (AvgIpc) is 2.90. The number of ether oxygens (including phenoxy) is 1. The van der Waals surface area contributed by atoms with Crippen LogP contribution in [0.15, 0.2) is 36.4 Å². The van der Waals surface area contributed by atoms with Crippen molar-refractivity contribution in [3.8, 4) is 0 Å². The first kappa shape index (κ1) is 32.5. The molecule has 10 nitrogen and oxygen atoms in total. The molecule has 0 spiro atoms. The van der Waals surface area contributed by atoms with E-state index in [0.29, 0.717) is 6.42 Å². The molecule has 1 fully saturated rings. The van der Waals surface area contributed by atoms with Crippen molar-refractivity contribution < 1.29 is 28.7 Å². The van der Waals surface area contributed by atoms with Crippen LogP contribution in [-0.4, -0.2) is 59.9 Å². The molecule has 1 aliphatic rings. The van der Waals surface area contributed by atoms with Gasteiger partial charge in [0, 0.05) is 0 Å². The minimum atomic E-state index is -1.01. The van der Waals surface area contributed by atoms with Gasteiger partial charge < -0.3 is 26.0 Å². The zero-order valence-electron chi connectivity index (χ0n) is 24.5. The summed E-state index contributed by atoms with van der Waals surface area (Å²) in [7, 11) is 0. The maximum absolute atomic E-state index is 13.4. The van der Waals surface area contributed by atoms with Crippen LogP contribution in [0.4, 0.5) is 0 Å². The largest absolute Gasteiger partial charge is 0.456 e. The monoisotopic (exact) mass is 556 g/mol. The first-order valence-electron chi connectivity index (χ1n) is 14.0. The quantitative estimate of drug-likeness (QED) is 0.396. The third kappa shape index (κ3) is 9.50. The Morgan fingerprint density at radius 1 is 0.800 bits per heavy atom. The van der Waals surface area contributed by atoms with Gasteiger partial charge in [0.15, 0.2) is 0 Å². The molecule has 40 heavy (non-hydrogen) atoms. The van der Waals surface area contributed by atoms with Gasteiger partial charge >= 0.3 is 5.97 Å². The Morgan fingerprint density at radius 2 is 1.38 bits per heavy atom. The number of hydrogen-bond acceptors (Lipinski definition) is 6. The van der Waals surface area contributed by atoms with Crippen molar-refractivity contribution in [2.75, 3.05) is 0 Å². The molecule has 220 valence electrons. The molecule has 4 amide bonds. The summed E-state index contributed by atoms with van der Waals surface area (Å²) in [5.41, 5.74) is 0.848. The predicted octanol–water partition coefficient (Wildman–Crippen LogP) is 2.33. The molecule has 1 aliphatic heterocycles. The second-order valence-corrected chi connectivity index (χ2v) is 11.1. The second-order valence-electron chi connectivity index (χ2n) is 11.1. The number of cyclic esters (lactones) is 1. The maximum atomic E-state index is 13.4. The first-order chi connectivity index (χ1) is 18.8. The first-order valence-corrected chi connectivity index (χ1v) is 14.0. The van der Waals surface area contributed by atoms with Crippen LogP contribution >= 0.6 is 0 Å². The highest BCUT2D eigenvalue weighted by molar-refractivity contribution is 5.95. The highest BCUT2D eigenvalue weighted by Gasteiger charge is 2.35. The summed E-state index contributed by atoms with van der Waals surface area (Å²) in [6.45, 7) is 12.3. The molecule has 1 saturated heterocycles. The molecular formula is C30H44N4O6. The number of nitrogens with one attached hydrogen (secondary N) is 4. The van der Waals surface area contributed by atoms with E-state index in [1.807, 2.05) is 44.2 Å². The van der Waals surface area contributed by atoms with E-state index in [1.165, 1.54) is 6.92 Å². The minimum absolute atomic E-state index is 0.240. The topological polar surface area (TPSA) is 143 Å². The molecule has 1 heterocycles. The van der Waals surface area contributed by atoms with Crippen LogP contribution in [0.1, 0.15) is 66.9 Å². The Labute approximate surface area is 237 Å². The lowest BCUT2D eigenvalue weighted by molar-refractivity contribution is -0.153. The zero-order chi connectivity index (χ0) is 30.0. The molecule has 0 saturated carbocycles. The summed E-state index contributed by atoms with van der Waals surface area (Å²) in [5, 5.41) is 10.8. The summed E-state index contributed by atoms with van der Waals surface area (Å²) in [6.07, 6.45) is 2.75. The van der Waals surface area contributed by atoms with Gasteiger partial charge in [-0.1, -0.05) is 84.4 Å². The van der Waals surface area contributed by atoms with Crippen LogP contribution in [0.3, 0.4) is 0 Å². The number of benzene rings is 1. The van der Waals surface area contributed by atoms with Crippen molar-refractivity contribution in [2.45, 2.75) is 91.6 Å². The van der Waals surface area contributed by atoms with E-state index in [0.717, 1.165) is 5.56 Å². The van der Waals surface area contributed by atoms with Gasteiger partial charge in [-0.25, -0.2) is 4.79 Å². The van der Waals surface area contributed by atoms with Gasteiger partial charge in [0.05, 0.1) is 6.42 Å². The van der Waals surface area contributed by atoms with Gasteiger partial charge in [-0.2, -0.15) is 0 Å². The molecule has 0 aromatic heterocycles. The zero-order valence-corrected chi connectivity index (χ0v) is 24.5. The van der Waals surface area contributed by atoms with E-state index in [-0.39, 0.29) is 24.2 Å². The van der Waals surface area contributed by atoms with Gasteiger partial charge in [-0.05, 0) is 36.3 Å². The second kappa shape index (κ2) is 15.2. The van der Waals surface area contributed by atoms with Gasteiger partial charge in [-0.15, -0.1) is 0 Å². The van der Waals surface area contributed by atoms with Crippen LogP contribution in [0.5, 0.6) is 0 Å². The van der Waals surface area contributed by atoms with Gasteiger partial charge in [0.2, 0.25) is 23.6 Å². The van der Waals surface area contributed by atoms with Crippen molar-refractivity contribution in [3.63, 3.8) is 0 Å². The van der Waals surface area contributed by atoms with Crippen molar-refractivity contribution in [1.82, 2.24) is 21.3 Å². The molecule has 0 bridgehead atoms. The number of hydrogen-bond donors (Lipinski definition) is 4. The standard InChI is InChI=1S/C30H44N4O6/c1-8-19(6)26-29(38)33-25(18(4)5)30(39)40-22(15-14-21-12-10-9-11-13-21)16-23(35)32-24(17(2)3)28(37)31-20(7)27(36)34-26/h9-15,17-20,22,24-26H,8,16H2,1-7H3,(H,31,37)(H,32,35)(H,33,38)(H,34,36)/b15-14+/t19-,20+,22+,24-,25-,26-/m0/s1. The van der Waals surface area contributed by atoms with Gasteiger partial charge in [0.25, 0.3) is 0 Å². The van der Waals surface area contributed by atoms with E-state index in [4.69, 9.17) is 4.74 Å². The lowest BCUT2D eigenvalue weighted by Crippen LogP contribution is -2.60. The van der Waals surface area contributed by atoms with Crippen LogP contribution < -0.4 is 21.3 Å². The summed E-state index contributed by atoms with van der Waals surface area (Å²) in [6, 6.07) is 5.49. The Hall–Kier alpha value is -3.69. The summed E-state index contributed by atoms with van der Waals surface area (Å²) in [5.74, 6) is -3.69. The highest BCUT2D eigenvalue weighted by atomic mass is 16.5. The van der Waals surface area contributed by atoms with Gasteiger partial charge in [-0.3, -0.25) is 19.2 Å². The summed E-state index contributed by atoms with van der Waals surface area (Å²) in [4.78, 5) is 65.8. The molecule has 0 unspecified atom stereocenters. The van der Waals surface area contributed by atoms with Crippen molar-refractivity contribution >= 4 is 35.7 Å². The Balaban J connectivity index is 2.48. The smallest absolute Gasteiger partial charge is 0.329 e. The van der Waals surface area contributed by atoms with E-state index >= 15 is 0 Å². The molecule has 2 rings (SSSR count). The SMILES string of the molecule is CC[C@H](C)[C@@H]1NC(=O)[C@@H](C)NC(=O)[C@H](C(C)C)NC(=O)C[C@@H](/C=C/c2ccccc2)OC(=O)[C@H](C(C)C)NC1=O. The third-order valence-electron chi connectivity index (χ3n) is 6.99. The van der Waals surface area contributed by atoms with Crippen molar-refractivity contribution in [1.29, 1.82) is 0 Å². The van der Waals surface area contributed by atoms with Crippen molar-refractivity contribution in [3.05, 3.63) is 42.0 Å². The summed E-state index contributed by atoms with van der Waals surface area (Å²) >= 11 is 0. The fraction of sp³-hybridized carbons (Fsp3) is 0.567. The number of rotatable bonds is 6. The summed E-state index contributed by atoms with van der Waals surface area (Å²) < 4.78 is 5.76. The minimum Gasteiger partial charge on any atom is -0.456 e. The van der Waals surface area contributed by atoms with E-state index in [2.05, 4.69) is 21.3 Å². The lowest BCUT2D eigenvalue weighted by Gasteiger charge is -2.30. The fourth-order valence-electron chi connectivity index (χ4n) is 4.19. The maximum Gasteiger partial charge on any atom is 0.329 e. The molecule has 1 aromatic carbocycles. The van der Waals surface area contributed by atoms with Crippen LogP contribution in [0.2, 0.25) is 0 Å². The predicted molar refractivity (Wildman–Crippen MR) is 153 cm³/mol. The number of carbonyl (C=O) groups excluding carboxylic acids is 5. The number of amides is 4. The fourth-order valence-corrected chi connectivity index (χ4v) is 4.19. The molecule has 10 heteroatoms. The molecular weight excluding hydrogens is 512 g/mol. The molecule has 1 aromatic rings. The number of esters is 1. The van der Waals surface area contributed by atoms with Gasteiger partial charge in [0.1, 0.15) is 30.3 Å². The Bertz CT molecular complexity index is 1070. The van der Waals surface area contributed by atoms with E-state index in [9.17, 15) is 24.0 Å². The van der Waals surface area contributed by atoms with E-state index in [1.54, 1.807) is 39.8 Å². The number of carbonyl (C=O) groups is 5. The lowest BCUT2D eigenvalue weighted by atomic mass is 9.96.